The van der Waals surface area contributed by atoms with E-state index in [4.69, 9.17) is 28.1 Å². The van der Waals surface area contributed by atoms with E-state index in [0.29, 0.717) is 18.8 Å². The van der Waals surface area contributed by atoms with Crippen molar-refractivity contribution in [2.45, 2.75) is 19.8 Å². The van der Waals surface area contributed by atoms with Crippen LogP contribution in [-0.2, 0) is 27.1 Å². The average molecular weight is 350 g/mol. The van der Waals surface area contributed by atoms with Crippen LogP contribution < -0.4 is 9.47 Å². The zero-order chi connectivity index (χ0) is 18.1. The quantitative estimate of drug-likeness (QED) is 0.577. The Bertz CT molecular complexity index is 636. The van der Waals surface area contributed by atoms with Gasteiger partial charge in [0.2, 0.25) is 0 Å². The summed E-state index contributed by atoms with van der Waals surface area (Å²) in [5.41, 5.74) is 3.07. The highest BCUT2D eigenvalue weighted by Gasteiger charge is 2.22. The van der Waals surface area contributed by atoms with Crippen LogP contribution in [0, 0.1) is 0 Å². The molecule has 2 aromatic rings. The molecule has 0 unspecified atom stereocenters. The highest BCUT2D eigenvalue weighted by atomic mass is 16.7. The summed E-state index contributed by atoms with van der Waals surface area (Å²) in [5.74, 6) is 2.12. The van der Waals surface area contributed by atoms with Crippen LogP contribution in [0.4, 0.5) is 0 Å². The maximum Gasteiger partial charge on any atom is 0.188 e. The minimum absolute atomic E-state index is 0.132. The highest BCUT2D eigenvalue weighted by Crippen LogP contribution is 2.41. The van der Waals surface area contributed by atoms with E-state index < -0.39 is 0 Å². The number of hydrogen-bond donors (Lipinski definition) is 0. The van der Waals surface area contributed by atoms with Crippen LogP contribution >= 0.6 is 0 Å². The molecule has 0 amide bonds. The molecule has 0 bridgehead atoms. The van der Waals surface area contributed by atoms with E-state index in [0.717, 1.165) is 34.6 Å². The monoisotopic (exact) mass is 350 g/mol. The van der Waals surface area contributed by atoms with E-state index in [9.17, 15) is 0 Å². The van der Waals surface area contributed by atoms with E-state index in [1.807, 2.05) is 18.2 Å². The Morgan fingerprint density at radius 1 is 0.920 bits per heavy atom. The molecule has 0 aliphatic carbocycles. The van der Waals surface area contributed by atoms with Crippen molar-refractivity contribution in [1.82, 2.24) is 0 Å². The molecule has 0 fully saturated rings. The van der Waals surface area contributed by atoms with Gasteiger partial charge in [0.1, 0.15) is 17.3 Å². The van der Waals surface area contributed by atoms with Crippen LogP contribution in [0.25, 0.3) is 11.3 Å². The fourth-order valence-corrected chi connectivity index (χ4v) is 2.77. The molecule has 0 saturated heterocycles. The van der Waals surface area contributed by atoms with Gasteiger partial charge in [0.15, 0.2) is 13.6 Å². The first-order chi connectivity index (χ1) is 12.3. The molecule has 138 valence electrons. The molecule has 6 nitrogen and oxygen atoms in total. The maximum absolute atomic E-state index is 5.81. The van der Waals surface area contributed by atoms with E-state index in [2.05, 4.69) is 6.92 Å². The van der Waals surface area contributed by atoms with Crippen LogP contribution in [-0.4, -0.2) is 41.5 Å². The summed E-state index contributed by atoms with van der Waals surface area (Å²) in [6.45, 7) is 2.97. The fraction of sp³-hybridized carbons (Fsp3) is 0.474. The summed E-state index contributed by atoms with van der Waals surface area (Å²) in [4.78, 5) is 0. The first kappa shape index (κ1) is 19.3. The lowest BCUT2D eigenvalue weighted by Gasteiger charge is -2.21. The molecule has 0 atom stereocenters. The molecule has 6 heteroatoms. The van der Waals surface area contributed by atoms with Gasteiger partial charge in [-0.05, 0) is 36.1 Å². The van der Waals surface area contributed by atoms with Gasteiger partial charge in [-0.1, -0.05) is 6.92 Å². The van der Waals surface area contributed by atoms with Crippen molar-refractivity contribution in [3.8, 4) is 22.8 Å². The molecule has 0 N–H and O–H groups in total. The average Bonchev–Trinajstić information content (AvgIpc) is 3.16. The molecule has 1 aromatic heterocycles. The van der Waals surface area contributed by atoms with Crippen molar-refractivity contribution >= 4 is 0 Å². The van der Waals surface area contributed by atoms with E-state index in [1.54, 1.807) is 27.6 Å². The summed E-state index contributed by atoms with van der Waals surface area (Å²) in [6.07, 6.45) is 3.16. The van der Waals surface area contributed by atoms with Gasteiger partial charge in [0.25, 0.3) is 0 Å². The van der Waals surface area contributed by atoms with Crippen molar-refractivity contribution in [2.24, 2.45) is 0 Å². The molecule has 2 rings (SSSR count). The van der Waals surface area contributed by atoms with Crippen LogP contribution in [0.1, 0.15) is 18.1 Å². The molecule has 0 aliphatic rings. The Morgan fingerprint density at radius 3 is 2.20 bits per heavy atom. The lowest BCUT2D eigenvalue weighted by atomic mass is 9.93. The number of furan rings is 1. The fourth-order valence-electron chi connectivity index (χ4n) is 2.77. The minimum Gasteiger partial charge on any atom is -0.467 e. The lowest BCUT2D eigenvalue weighted by molar-refractivity contribution is 0.0457. The van der Waals surface area contributed by atoms with Crippen LogP contribution in [0.5, 0.6) is 11.5 Å². The Balaban J connectivity index is 2.61. The van der Waals surface area contributed by atoms with Crippen LogP contribution in [0.2, 0.25) is 0 Å². The van der Waals surface area contributed by atoms with Crippen LogP contribution in [0.3, 0.4) is 0 Å². The summed E-state index contributed by atoms with van der Waals surface area (Å²) in [6, 6.07) is 5.64. The summed E-state index contributed by atoms with van der Waals surface area (Å²) in [5, 5.41) is 0. The summed E-state index contributed by atoms with van der Waals surface area (Å²) >= 11 is 0. The van der Waals surface area contributed by atoms with Crippen molar-refractivity contribution in [1.29, 1.82) is 0 Å². The zero-order valence-electron chi connectivity index (χ0n) is 15.3. The van der Waals surface area contributed by atoms with Gasteiger partial charge < -0.3 is 28.1 Å². The largest absolute Gasteiger partial charge is 0.467 e. The predicted molar refractivity (Wildman–Crippen MR) is 94.1 cm³/mol. The predicted octanol–water partition coefficient (Wildman–Crippen LogP) is 3.66. The molecule has 0 radical (unpaired) electrons. The lowest BCUT2D eigenvalue weighted by Crippen LogP contribution is -2.10. The number of methoxy groups -OCH3 is 3. The third-order valence-corrected chi connectivity index (χ3v) is 3.81. The molecular formula is C19H26O6. The van der Waals surface area contributed by atoms with Gasteiger partial charge in [-0.15, -0.1) is 0 Å². The summed E-state index contributed by atoms with van der Waals surface area (Å²) in [7, 11) is 4.87. The van der Waals surface area contributed by atoms with Crippen molar-refractivity contribution in [2.75, 3.05) is 41.5 Å². The summed E-state index contributed by atoms with van der Waals surface area (Å²) < 4.78 is 32.7. The first-order valence-corrected chi connectivity index (χ1v) is 8.21. The van der Waals surface area contributed by atoms with Crippen molar-refractivity contribution < 1.29 is 28.1 Å². The van der Waals surface area contributed by atoms with Gasteiger partial charge in [-0.2, -0.15) is 0 Å². The highest BCUT2D eigenvalue weighted by molar-refractivity contribution is 5.74. The molecule has 0 saturated carbocycles. The topological polar surface area (TPSA) is 59.3 Å². The second kappa shape index (κ2) is 10.1. The number of rotatable bonds is 11. The third kappa shape index (κ3) is 4.75. The first-order valence-electron chi connectivity index (χ1n) is 8.21. The normalized spacial score (nSPS) is 10.9. The van der Waals surface area contributed by atoms with E-state index in [-0.39, 0.29) is 13.6 Å². The molecule has 0 spiro atoms. The number of hydrogen-bond acceptors (Lipinski definition) is 6. The second-order valence-corrected chi connectivity index (χ2v) is 5.38. The van der Waals surface area contributed by atoms with Gasteiger partial charge in [0.05, 0.1) is 18.4 Å². The Morgan fingerprint density at radius 2 is 1.64 bits per heavy atom. The van der Waals surface area contributed by atoms with Gasteiger partial charge >= 0.3 is 0 Å². The van der Waals surface area contributed by atoms with E-state index in [1.165, 1.54) is 0 Å². The van der Waals surface area contributed by atoms with Crippen LogP contribution in [0.15, 0.2) is 28.9 Å². The molecule has 25 heavy (non-hydrogen) atoms. The zero-order valence-corrected chi connectivity index (χ0v) is 15.3. The molecule has 0 aliphatic heterocycles. The van der Waals surface area contributed by atoms with Crippen molar-refractivity contribution in [3.63, 3.8) is 0 Å². The minimum atomic E-state index is 0.132. The molecule has 1 aromatic carbocycles. The number of benzene rings is 1. The Hall–Kier alpha value is -2.02. The van der Waals surface area contributed by atoms with Gasteiger partial charge in [-0.25, -0.2) is 0 Å². The standard InChI is InChI=1S/C19H26O6/c1-5-14-15(8-10-20-2)19(16-7-6-9-23-16)18(25-13-22-4)11-17(14)24-12-21-3/h6-7,9,11H,5,8,10,12-13H2,1-4H3. The van der Waals surface area contributed by atoms with Gasteiger partial charge in [-0.3, -0.25) is 0 Å². The molecular weight excluding hydrogens is 324 g/mol. The Labute approximate surface area is 148 Å². The third-order valence-electron chi connectivity index (χ3n) is 3.81. The SMILES string of the molecule is CCc1c(OCOC)cc(OCOC)c(-c2ccco2)c1CCOC. The Kier molecular flexibility index (Phi) is 7.78. The van der Waals surface area contributed by atoms with Crippen molar-refractivity contribution in [3.05, 3.63) is 35.6 Å². The molecule has 1 heterocycles. The smallest absolute Gasteiger partial charge is 0.188 e. The van der Waals surface area contributed by atoms with E-state index >= 15 is 0 Å². The second-order valence-electron chi connectivity index (χ2n) is 5.38. The van der Waals surface area contributed by atoms with Gasteiger partial charge in [0, 0.05) is 27.4 Å². The maximum atomic E-state index is 5.81. The number of ether oxygens (including phenoxy) is 5.